The Morgan fingerprint density at radius 2 is 1.95 bits per heavy atom. The van der Waals surface area contributed by atoms with Gasteiger partial charge in [-0.3, -0.25) is 0 Å². The van der Waals surface area contributed by atoms with E-state index in [1.165, 1.54) is 31.3 Å². The molecule has 0 unspecified atom stereocenters. The number of aliphatic hydroxyl groups excluding tert-OH is 3. The quantitative estimate of drug-likeness (QED) is 0.369. The summed E-state index contributed by atoms with van der Waals surface area (Å²) in [5.41, 5.74) is 4.36. The van der Waals surface area contributed by atoms with Crippen molar-refractivity contribution >= 4 is 11.3 Å². The van der Waals surface area contributed by atoms with Crippen LogP contribution in [0.15, 0.2) is 53.0 Å². The van der Waals surface area contributed by atoms with E-state index in [1.807, 2.05) is 6.92 Å². The van der Waals surface area contributed by atoms with Gasteiger partial charge in [-0.25, -0.2) is 4.98 Å². The normalized spacial score (nSPS) is 36.9. The van der Waals surface area contributed by atoms with Crippen molar-refractivity contribution in [1.29, 1.82) is 0 Å². The molecular formula is C32H45NO3S. The van der Waals surface area contributed by atoms with Crippen molar-refractivity contribution in [3.63, 3.8) is 0 Å². The van der Waals surface area contributed by atoms with Gasteiger partial charge in [-0.2, -0.15) is 0 Å². The van der Waals surface area contributed by atoms with Crippen LogP contribution >= 0.6 is 11.3 Å². The molecular weight excluding hydrogens is 478 g/mol. The molecule has 4 aliphatic rings. The van der Waals surface area contributed by atoms with Crippen LogP contribution in [0.2, 0.25) is 0 Å². The summed E-state index contributed by atoms with van der Waals surface area (Å²) in [4.78, 5) is 4.71. The van der Waals surface area contributed by atoms with E-state index in [-0.39, 0.29) is 16.2 Å². The van der Waals surface area contributed by atoms with Crippen molar-refractivity contribution in [3.8, 4) is 0 Å². The molecule has 3 N–H and O–H groups in total. The number of fused-ring (bicyclic) bond motifs is 1. The zero-order valence-electron chi connectivity index (χ0n) is 23.0. The highest BCUT2D eigenvalue weighted by Crippen LogP contribution is 2.62. The molecule has 1 aromatic heterocycles. The first-order valence-corrected chi connectivity index (χ1v) is 15.1. The Labute approximate surface area is 226 Å². The number of thiazole rings is 1. The van der Waals surface area contributed by atoms with Crippen molar-refractivity contribution in [2.24, 2.45) is 22.7 Å². The summed E-state index contributed by atoms with van der Waals surface area (Å²) in [5, 5.41) is 34.8. The number of hydrogen-bond acceptors (Lipinski definition) is 5. The molecule has 0 bridgehead atoms. The predicted octanol–water partition coefficient (Wildman–Crippen LogP) is 6.57. The van der Waals surface area contributed by atoms with E-state index in [0.717, 1.165) is 41.1 Å². The number of nitrogens with zero attached hydrogens (tertiary/aromatic N) is 1. The molecule has 4 fully saturated rings. The molecule has 5 rings (SSSR count). The molecule has 0 radical (unpaired) electrons. The first-order chi connectivity index (χ1) is 17.5. The Bertz CT molecular complexity index is 1120. The summed E-state index contributed by atoms with van der Waals surface area (Å²) in [5.74, 6) is 1.11. The van der Waals surface area contributed by atoms with Crippen LogP contribution in [0.3, 0.4) is 0 Å². The summed E-state index contributed by atoms with van der Waals surface area (Å²) in [7, 11) is 0. The highest BCUT2D eigenvalue weighted by atomic mass is 32.1. The number of allylic oxidation sites excluding steroid dienone is 4. The lowest BCUT2D eigenvalue weighted by molar-refractivity contribution is 0.0706. The number of aromatic nitrogens is 1. The lowest BCUT2D eigenvalue weighted by atomic mass is 9.57. The van der Waals surface area contributed by atoms with Gasteiger partial charge in [-0.15, -0.1) is 11.3 Å². The van der Waals surface area contributed by atoms with Crippen molar-refractivity contribution in [1.82, 2.24) is 4.98 Å². The van der Waals surface area contributed by atoms with Gasteiger partial charge in [0.05, 0.1) is 23.7 Å². The van der Waals surface area contributed by atoms with Gasteiger partial charge in [0.2, 0.25) is 0 Å². The number of aryl methyl sites for hydroxylation is 1. The Morgan fingerprint density at radius 1 is 1.19 bits per heavy atom. The van der Waals surface area contributed by atoms with E-state index >= 15 is 0 Å². The highest BCUT2D eigenvalue weighted by molar-refractivity contribution is 7.09. The first-order valence-electron chi connectivity index (χ1n) is 14.2. The molecule has 0 aliphatic heterocycles. The van der Waals surface area contributed by atoms with Gasteiger partial charge < -0.3 is 15.3 Å². The lowest BCUT2D eigenvalue weighted by Crippen LogP contribution is -2.39. The van der Waals surface area contributed by atoms with Crippen molar-refractivity contribution < 1.29 is 15.3 Å². The van der Waals surface area contributed by atoms with Gasteiger partial charge in [0.25, 0.3) is 0 Å². The van der Waals surface area contributed by atoms with Gasteiger partial charge in [0, 0.05) is 17.5 Å². The fraction of sp³-hybridized carbons (Fsp3) is 0.656. The van der Waals surface area contributed by atoms with Gasteiger partial charge in [-0.05, 0) is 92.1 Å². The molecule has 0 amide bonds. The number of hydrogen-bond donors (Lipinski definition) is 3. The first kappa shape index (κ1) is 27.1. The third kappa shape index (κ3) is 4.97. The van der Waals surface area contributed by atoms with E-state index in [1.54, 1.807) is 11.3 Å². The predicted molar refractivity (Wildman–Crippen MR) is 151 cm³/mol. The smallest absolute Gasteiger partial charge is 0.102 e. The fourth-order valence-electron chi connectivity index (χ4n) is 7.92. The van der Waals surface area contributed by atoms with Crippen LogP contribution in [-0.4, -0.2) is 38.6 Å². The minimum atomic E-state index is -0.641. The maximum Gasteiger partial charge on any atom is 0.102 e. The monoisotopic (exact) mass is 523 g/mol. The molecule has 37 heavy (non-hydrogen) atoms. The Hall–Kier alpha value is -1.53. The van der Waals surface area contributed by atoms with Gasteiger partial charge in [0.1, 0.15) is 5.01 Å². The molecule has 1 aromatic rings. The average molecular weight is 524 g/mol. The van der Waals surface area contributed by atoms with Gasteiger partial charge >= 0.3 is 0 Å². The van der Waals surface area contributed by atoms with Crippen LogP contribution < -0.4 is 0 Å². The van der Waals surface area contributed by atoms with Gasteiger partial charge in [-0.1, -0.05) is 57.2 Å². The van der Waals surface area contributed by atoms with E-state index < -0.39 is 18.3 Å². The Morgan fingerprint density at radius 3 is 2.62 bits per heavy atom. The van der Waals surface area contributed by atoms with Gasteiger partial charge in [0.15, 0.2) is 0 Å². The van der Waals surface area contributed by atoms with Crippen molar-refractivity contribution in [2.45, 2.75) is 109 Å². The summed E-state index contributed by atoms with van der Waals surface area (Å²) >= 11 is 1.69. The molecule has 5 heteroatoms. The molecule has 0 aromatic carbocycles. The van der Waals surface area contributed by atoms with Crippen LogP contribution in [0.1, 0.15) is 89.3 Å². The summed E-state index contributed by atoms with van der Waals surface area (Å²) in [6.07, 6.45) is 16.1. The molecule has 0 saturated heterocycles. The van der Waals surface area contributed by atoms with Crippen molar-refractivity contribution in [3.05, 3.63) is 63.7 Å². The summed E-state index contributed by atoms with van der Waals surface area (Å²) < 4.78 is 0. The van der Waals surface area contributed by atoms with Crippen LogP contribution in [0.25, 0.3) is 0 Å². The lowest BCUT2D eigenvalue weighted by Gasteiger charge is -2.47. The standard InChI is InChI=1S/C32H45NO3S/c1-20-19-37-29(33-20)32(15-16-32)28(36)12-14-30(3,4)27-11-10-25-22(7-6-13-31(25,27)5)8-9-23-17-24(34)18-26(35)21(23)2/h8-9,12,14,19,24-28,34-36H,2,6-7,10-11,13,15-18H2,1,3-5H3/t24-,25+,26+,27-,28+,31+/m1/s1. The minimum Gasteiger partial charge on any atom is -0.393 e. The minimum absolute atomic E-state index is 0.00779. The van der Waals surface area contributed by atoms with Crippen LogP contribution in [0.4, 0.5) is 0 Å². The molecule has 1 heterocycles. The number of rotatable bonds is 6. The molecule has 4 nitrogen and oxygen atoms in total. The Balaban J connectivity index is 1.33. The maximum absolute atomic E-state index is 11.2. The third-order valence-corrected chi connectivity index (χ3v) is 11.4. The van der Waals surface area contributed by atoms with Crippen LogP contribution in [-0.2, 0) is 5.41 Å². The molecule has 4 aliphatic carbocycles. The van der Waals surface area contributed by atoms with Crippen LogP contribution in [0, 0.1) is 29.6 Å². The Kier molecular flexibility index (Phi) is 7.23. The fourth-order valence-corrected chi connectivity index (χ4v) is 9.01. The highest BCUT2D eigenvalue weighted by Gasteiger charge is 2.54. The molecule has 6 atom stereocenters. The number of aliphatic hydroxyl groups is 3. The largest absolute Gasteiger partial charge is 0.393 e. The van der Waals surface area contributed by atoms with E-state index in [4.69, 9.17) is 4.98 Å². The maximum atomic E-state index is 11.2. The molecule has 4 saturated carbocycles. The second-order valence-corrected chi connectivity index (χ2v) is 14.0. The second kappa shape index (κ2) is 9.89. The van der Waals surface area contributed by atoms with Crippen molar-refractivity contribution in [2.75, 3.05) is 0 Å². The third-order valence-electron chi connectivity index (χ3n) is 10.2. The van der Waals surface area contributed by atoms with E-state index in [9.17, 15) is 15.3 Å². The second-order valence-electron chi connectivity index (χ2n) is 13.2. The SMILES string of the molecule is C=C1C(=CC=C2CCC[C@]3(C)[C@@H](C(C)(C)C=C[C@H](O)C4(c5nc(C)cs5)CC4)CC[C@@H]23)C[C@@H](O)C[C@@H]1O. The van der Waals surface area contributed by atoms with Crippen LogP contribution in [0.5, 0.6) is 0 Å². The average Bonchev–Trinajstić information content (AvgIpc) is 3.40. The summed E-state index contributed by atoms with van der Waals surface area (Å²) in [6, 6.07) is 0. The molecule has 0 spiro atoms. The van der Waals surface area contributed by atoms with E-state index in [2.05, 4.69) is 57.0 Å². The molecule has 202 valence electrons. The summed E-state index contributed by atoms with van der Waals surface area (Å²) in [6.45, 7) is 13.3. The topological polar surface area (TPSA) is 73.6 Å². The van der Waals surface area contributed by atoms with E-state index in [0.29, 0.717) is 24.7 Å². The zero-order chi connectivity index (χ0) is 26.6. The zero-order valence-corrected chi connectivity index (χ0v) is 23.9.